The molecule has 0 fully saturated rings. The summed E-state index contributed by atoms with van der Waals surface area (Å²) in [5, 5.41) is 63.4. The Hall–Kier alpha value is -8.96. The van der Waals surface area contributed by atoms with Crippen molar-refractivity contribution in [1.82, 2.24) is 53.2 Å². The number of guanidine groups is 1. The Morgan fingerprint density at radius 1 is 0.489 bits per heavy atom. The van der Waals surface area contributed by atoms with Crippen LogP contribution in [0.15, 0.2) is 53.5 Å². The number of aromatic hydroxyl groups is 2. The average Bonchev–Trinajstić information content (AvgIpc) is 1.13. The van der Waals surface area contributed by atoms with Gasteiger partial charge in [-0.25, -0.2) is 4.79 Å². The molecule has 0 aromatic heterocycles. The zero-order valence-corrected chi connectivity index (χ0v) is 54.7. The van der Waals surface area contributed by atoms with E-state index in [1.165, 1.54) is 36.4 Å². The van der Waals surface area contributed by atoms with E-state index in [4.69, 9.17) is 28.7 Å². The van der Waals surface area contributed by atoms with Crippen molar-refractivity contribution < 1.29 is 82.8 Å². The second-order valence-electron chi connectivity index (χ2n) is 22.8. The van der Waals surface area contributed by atoms with E-state index in [0.717, 1.165) is 0 Å². The molecule has 0 aliphatic heterocycles. The Morgan fingerprint density at radius 2 is 0.915 bits per heavy atom. The van der Waals surface area contributed by atoms with Crippen LogP contribution in [0, 0.1) is 11.8 Å². The van der Waals surface area contributed by atoms with Crippen LogP contribution in [-0.2, 0) is 75.2 Å². The van der Waals surface area contributed by atoms with E-state index < -0.39 is 175 Å². The van der Waals surface area contributed by atoms with Gasteiger partial charge in [0.05, 0.1) is 12.6 Å². The quantitative estimate of drug-likeness (QED) is 0.0129. The van der Waals surface area contributed by atoms with Crippen LogP contribution in [0.25, 0.3) is 0 Å². The number of aliphatic imine (C=N–C) groups is 1. The molecule has 0 saturated carbocycles. The van der Waals surface area contributed by atoms with Crippen LogP contribution in [0.1, 0.15) is 103 Å². The molecule has 11 amide bonds. The first kappa shape index (κ1) is 81.1. The molecular weight excluding hydrogens is 1270 g/mol. The van der Waals surface area contributed by atoms with Gasteiger partial charge in [-0.05, 0) is 112 Å². The van der Waals surface area contributed by atoms with E-state index in [-0.39, 0.29) is 92.9 Å². The van der Waals surface area contributed by atoms with Crippen molar-refractivity contribution >= 4 is 108 Å². The number of carboxylic acid groups (broad SMARTS) is 2. The molecule has 0 heterocycles. The number of primary amides is 1. The molecule has 2 aromatic carbocycles. The normalized spacial score (nSPS) is 14.2. The second-order valence-corrected chi connectivity index (χ2v) is 23.6. The van der Waals surface area contributed by atoms with E-state index >= 15 is 0 Å². The smallest absolute Gasteiger partial charge is 0.326 e. The monoisotopic (exact) mass is 1360 g/mol. The summed E-state index contributed by atoms with van der Waals surface area (Å²) in [4.78, 5) is 178. The largest absolute Gasteiger partial charge is 0.508 e. The number of unbranched alkanes of at least 4 members (excludes halogenated alkanes) is 1. The Kier molecular flexibility index (Phi) is 36.5. The third-order valence-electron chi connectivity index (χ3n) is 14.1. The van der Waals surface area contributed by atoms with Gasteiger partial charge in [0.2, 0.25) is 65.0 Å². The number of rotatable bonds is 44. The van der Waals surface area contributed by atoms with Gasteiger partial charge in [0, 0.05) is 37.3 Å². The van der Waals surface area contributed by atoms with Gasteiger partial charge < -0.3 is 102 Å². The molecule has 2 aromatic rings. The van der Waals surface area contributed by atoms with E-state index in [1.807, 2.05) is 0 Å². The topological polar surface area (TPSA) is 566 Å². The number of aliphatic carboxylic acids is 2. The summed E-state index contributed by atoms with van der Waals surface area (Å²) >= 11 is 8.38. The van der Waals surface area contributed by atoms with Gasteiger partial charge in [0.25, 0.3) is 0 Å². The number of carboxylic acids is 2. The average molecular weight is 1360 g/mol. The summed E-state index contributed by atoms with van der Waals surface area (Å²) in [7, 11) is 0. The SMILES string of the molecule is CC(C)C[C@H](NC(=O)[C@H](CCC(=O)O)NC(=O)[C@H](CCCCN)NC(=O)[C@H](CCCN=C(N)N)NC(=O)[C@H](CS)NC(=O)[C@@H](N)Cc1ccc(O)cc1)C(=O)NCC(=O)N[C@@H](CCC(N)=O)C(=O)N[C@H](C(=O)N[C@@H](CS)C(=O)N[C@@H](Cc1ccc(O)cc1)C(=O)O)C(C)C. The number of benzene rings is 2. The summed E-state index contributed by atoms with van der Waals surface area (Å²) in [5.41, 5.74) is 29.3. The minimum atomic E-state index is -1.67. The van der Waals surface area contributed by atoms with Crippen molar-refractivity contribution in [2.45, 2.75) is 165 Å². The molecule has 94 heavy (non-hydrogen) atoms. The lowest BCUT2D eigenvalue weighted by molar-refractivity contribution is -0.142. The molecule has 0 radical (unpaired) electrons. The first-order valence-corrected chi connectivity index (χ1v) is 31.6. The fourth-order valence-electron chi connectivity index (χ4n) is 8.99. The van der Waals surface area contributed by atoms with E-state index in [9.17, 15) is 82.8 Å². The Balaban J connectivity index is 2.32. The van der Waals surface area contributed by atoms with Crippen molar-refractivity contribution in [2.75, 3.05) is 31.1 Å². The first-order chi connectivity index (χ1) is 44.3. The lowest BCUT2D eigenvalue weighted by Crippen LogP contribution is -2.60. The number of nitrogens with two attached hydrogens (primary N) is 5. The predicted molar refractivity (Wildman–Crippen MR) is 350 cm³/mol. The summed E-state index contributed by atoms with van der Waals surface area (Å²) in [6.07, 6.45) is -1.84. The third-order valence-corrected chi connectivity index (χ3v) is 14.9. The van der Waals surface area contributed by atoms with Gasteiger partial charge in [-0.1, -0.05) is 52.0 Å². The van der Waals surface area contributed by atoms with Gasteiger partial charge in [-0.2, -0.15) is 25.3 Å². The summed E-state index contributed by atoms with van der Waals surface area (Å²) in [5.74, 6) is -14.9. The maximum Gasteiger partial charge on any atom is 0.326 e. The molecule has 522 valence electrons. The Labute approximate surface area is 554 Å². The highest BCUT2D eigenvalue weighted by Gasteiger charge is 2.36. The molecule has 0 saturated heterocycles. The molecule has 2 rings (SSSR count). The fraction of sp³-hybridized carbons (Fsp3) is 0.559. The molecule has 0 unspecified atom stereocenters. The molecule has 0 aliphatic rings. The van der Waals surface area contributed by atoms with Gasteiger partial charge >= 0.3 is 11.9 Å². The highest BCUT2D eigenvalue weighted by atomic mass is 32.1. The van der Waals surface area contributed by atoms with Crippen LogP contribution in [0.2, 0.25) is 0 Å². The van der Waals surface area contributed by atoms with Gasteiger partial charge in [-0.15, -0.1) is 0 Å². The number of thiol groups is 2. The van der Waals surface area contributed by atoms with E-state index in [1.54, 1.807) is 39.8 Å². The minimum Gasteiger partial charge on any atom is -0.508 e. The summed E-state index contributed by atoms with van der Waals surface area (Å²) < 4.78 is 0. The molecular formula is C59H92N16O17S2. The molecule has 35 heteroatoms. The number of amides is 11. The zero-order valence-electron chi connectivity index (χ0n) is 52.9. The number of phenolic OH excluding ortho intramolecular Hbond substituents is 2. The lowest BCUT2D eigenvalue weighted by Gasteiger charge is -2.28. The highest BCUT2D eigenvalue weighted by molar-refractivity contribution is 7.80. The molecule has 33 nitrogen and oxygen atoms in total. The molecule has 0 bridgehead atoms. The second kappa shape index (κ2) is 42.3. The third kappa shape index (κ3) is 31.1. The maximum absolute atomic E-state index is 14.3. The predicted octanol–water partition coefficient (Wildman–Crippen LogP) is -4.35. The number of nitrogens with one attached hydrogen (secondary N) is 10. The summed E-state index contributed by atoms with van der Waals surface area (Å²) in [6.45, 7) is 5.79. The molecule has 0 spiro atoms. The van der Waals surface area contributed by atoms with Gasteiger partial charge in [0.1, 0.15) is 65.9 Å². The number of hydrogen-bond donors (Lipinski definition) is 21. The van der Waals surface area contributed by atoms with Gasteiger partial charge in [-0.3, -0.25) is 62.5 Å². The highest BCUT2D eigenvalue weighted by Crippen LogP contribution is 2.15. The lowest BCUT2D eigenvalue weighted by atomic mass is 10.0. The number of hydrogen-bond acceptors (Lipinski definition) is 20. The van der Waals surface area contributed by atoms with Crippen molar-refractivity contribution in [1.29, 1.82) is 0 Å². The maximum atomic E-state index is 14.3. The summed E-state index contributed by atoms with van der Waals surface area (Å²) in [6, 6.07) is -2.80. The standard InChI is InChI=1S/C59H92N16O17S2/c1-30(2)24-41(50(83)66-27-46(79)67-39(18-20-45(62)78)54(87)75-48(31(3)4)57(90)74-44(29-94)56(89)72-42(58(91)92)26-33-12-16-35(77)17-13-33)71-53(86)40(19-21-47(80)81)70-51(84)37(8-5-6-22-60)68-52(85)38(9-7-23-65-59(63)64)69-55(88)43(28-93)73-49(82)36(61)25-32-10-14-34(76)15-11-32/h10-17,30-31,36-44,48,76-77,93-94H,5-9,18-29,60-61H2,1-4H3,(H2,62,78)(H,66,83)(H,67,79)(H,68,85)(H,69,88)(H,70,84)(H,71,86)(H,72,89)(H,73,82)(H,74,90)(H,75,87)(H,80,81)(H,91,92)(H4,63,64,65)/t36-,37-,38-,39-,40-,41-,42-,43-,44-,48-/m0/s1. The number of nitrogens with zero attached hydrogens (tertiary/aromatic N) is 1. The zero-order chi connectivity index (χ0) is 70.8. The van der Waals surface area contributed by atoms with Gasteiger partial charge in [0.15, 0.2) is 5.96 Å². The first-order valence-electron chi connectivity index (χ1n) is 30.3. The molecule has 0 aliphatic carbocycles. The van der Waals surface area contributed by atoms with Crippen LogP contribution in [0.4, 0.5) is 0 Å². The molecule has 24 N–H and O–H groups in total. The van der Waals surface area contributed by atoms with Crippen molar-refractivity contribution in [3.8, 4) is 11.5 Å². The Morgan fingerprint density at radius 3 is 1.37 bits per heavy atom. The van der Waals surface area contributed by atoms with Crippen LogP contribution in [0.5, 0.6) is 11.5 Å². The Bertz CT molecular complexity index is 2920. The van der Waals surface area contributed by atoms with Crippen molar-refractivity contribution in [3.63, 3.8) is 0 Å². The number of carbonyl (C=O) groups is 13. The van der Waals surface area contributed by atoms with Crippen LogP contribution in [-0.4, -0.2) is 195 Å². The molecule has 10 atom stereocenters. The fourth-order valence-corrected chi connectivity index (χ4v) is 9.50. The number of phenols is 2. The van der Waals surface area contributed by atoms with Crippen molar-refractivity contribution in [2.24, 2.45) is 45.5 Å². The van der Waals surface area contributed by atoms with E-state index in [2.05, 4.69) is 83.4 Å². The van der Waals surface area contributed by atoms with E-state index in [0.29, 0.717) is 17.5 Å². The van der Waals surface area contributed by atoms with Crippen LogP contribution >= 0.6 is 25.3 Å². The van der Waals surface area contributed by atoms with Crippen molar-refractivity contribution in [3.05, 3.63) is 59.7 Å². The van der Waals surface area contributed by atoms with Crippen LogP contribution < -0.4 is 81.8 Å². The van der Waals surface area contributed by atoms with Crippen LogP contribution in [0.3, 0.4) is 0 Å². The minimum absolute atomic E-state index is 0.00244. The number of carbonyl (C=O) groups excluding carboxylic acids is 11.